The average molecular weight is 242 g/mol. The Morgan fingerprint density at radius 1 is 1.53 bits per heavy atom. The molecule has 0 radical (unpaired) electrons. The van der Waals surface area contributed by atoms with Crippen molar-refractivity contribution in [2.45, 2.75) is 39.0 Å². The fourth-order valence-corrected chi connectivity index (χ4v) is 1.77. The van der Waals surface area contributed by atoms with Crippen molar-refractivity contribution in [2.24, 2.45) is 17.6 Å². The molecular weight excluding hydrogens is 216 g/mol. The second-order valence-electron chi connectivity index (χ2n) is 4.88. The van der Waals surface area contributed by atoms with Gasteiger partial charge in [-0.2, -0.15) is 0 Å². The highest BCUT2D eigenvalue weighted by atomic mass is 16.5. The summed E-state index contributed by atoms with van der Waals surface area (Å²) in [6, 6.07) is 0. The maximum absolute atomic E-state index is 11.7. The first kappa shape index (κ1) is 14.5. The van der Waals surface area contributed by atoms with Crippen LogP contribution >= 0.6 is 0 Å². The van der Waals surface area contributed by atoms with Gasteiger partial charge in [-0.3, -0.25) is 4.79 Å². The standard InChI is InChI=1S/C13H26N2O2/c1-2-4-12(9-14)13(16)15-7-3-8-17-10-11-5-6-11/h11-12H,2-10,14H2,1H3,(H,15,16). The Morgan fingerprint density at radius 3 is 2.88 bits per heavy atom. The molecule has 1 fully saturated rings. The van der Waals surface area contributed by atoms with Gasteiger partial charge in [0.1, 0.15) is 0 Å². The van der Waals surface area contributed by atoms with Crippen LogP contribution in [0, 0.1) is 11.8 Å². The van der Waals surface area contributed by atoms with Gasteiger partial charge in [0.2, 0.25) is 5.91 Å². The van der Waals surface area contributed by atoms with Crippen molar-refractivity contribution >= 4 is 5.91 Å². The van der Waals surface area contributed by atoms with Crippen LogP contribution in [0.4, 0.5) is 0 Å². The van der Waals surface area contributed by atoms with Gasteiger partial charge < -0.3 is 15.8 Å². The first-order valence-electron chi connectivity index (χ1n) is 6.83. The van der Waals surface area contributed by atoms with E-state index in [9.17, 15) is 4.79 Å². The Bertz CT molecular complexity index is 217. The van der Waals surface area contributed by atoms with Crippen LogP contribution in [-0.2, 0) is 9.53 Å². The molecule has 1 amide bonds. The van der Waals surface area contributed by atoms with E-state index < -0.39 is 0 Å². The third kappa shape index (κ3) is 6.64. The summed E-state index contributed by atoms with van der Waals surface area (Å²) in [6.45, 7) is 4.86. The molecule has 1 saturated carbocycles. The molecule has 0 heterocycles. The Kier molecular flexibility index (Phi) is 7.21. The summed E-state index contributed by atoms with van der Waals surface area (Å²) in [4.78, 5) is 11.7. The second-order valence-corrected chi connectivity index (χ2v) is 4.88. The fraction of sp³-hybridized carbons (Fsp3) is 0.923. The fourth-order valence-electron chi connectivity index (χ4n) is 1.77. The first-order valence-corrected chi connectivity index (χ1v) is 6.83. The van der Waals surface area contributed by atoms with E-state index in [1.54, 1.807) is 0 Å². The van der Waals surface area contributed by atoms with E-state index in [-0.39, 0.29) is 11.8 Å². The molecule has 3 N–H and O–H groups in total. The van der Waals surface area contributed by atoms with Crippen LogP contribution in [0.3, 0.4) is 0 Å². The van der Waals surface area contributed by atoms with Crippen molar-refractivity contribution in [1.29, 1.82) is 0 Å². The SMILES string of the molecule is CCCC(CN)C(=O)NCCCOCC1CC1. The van der Waals surface area contributed by atoms with Crippen LogP contribution in [0.15, 0.2) is 0 Å². The second kappa shape index (κ2) is 8.48. The molecule has 4 heteroatoms. The van der Waals surface area contributed by atoms with Crippen LogP contribution in [0.5, 0.6) is 0 Å². The number of amides is 1. The van der Waals surface area contributed by atoms with E-state index >= 15 is 0 Å². The number of carbonyl (C=O) groups is 1. The lowest BCUT2D eigenvalue weighted by molar-refractivity contribution is -0.124. The zero-order valence-corrected chi connectivity index (χ0v) is 10.9. The maximum atomic E-state index is 11.7. The summed E-state index contributed by atoms with van der Waals surface area (Å²) in [5.41, 5.74) is 5.57. The van der Waals surface area contributed by atoms with Crippen molar-refractivity contribution < 1.29 is 9.53 Å². The summed E-state index contributed by atoms with van der Waals surface area (Å²) in [6.07, 6.45) is 5.42. The van der Waals surface area contributed by atoms with E-state index in [1.807, 2.05) is 0 Å². The Labute approximate surface area is 104 Å². The maximum Gasteiger partial charge on any atom is 0.224 e. The van der Waals surface area contributed by atoms with Crippen molar-refractivity contribution in [3.05, 3.63) is 0 Å². The quantitative estimate of drug-likeness (QED) is 0.567. The Hall–Kier alpha value is -0.610. The molecule has 1 aliphatic carbocycles. The highest BCUT2D eigenvalue weighted by molar-refractivity contribution is 5.78. The molecular formula is C13H26N2O2. The molecule has 1 unspecified atom stereocenters. The average Bonchev–Trinajstić information content (AvgIpc) is 3.14. The molecule has 1 rings (SSSR count). The van der Waals surface area contributed by atoms with Gasteiger partial charge in [-0.05, 0) is 31.6 Å². The minimum Gasteiger partial charge on any atom is -0.381 e. The predicted molar refractivity (Wildman–Crippen MR) is 68.6 cm³/mol. The molecule has 100 valence electrons. The predicted octanol–water partition coefficient (Wildman–Crippen LogP) is 1.29. The summed E-state index contributed by atoms with van der Waals surface area (Å²) < 4.78 is 5.50. The number of rotatable bonds is 10. The number of nitrogens with one attached hydrogen (secondary N) is 1. The number of hydrogen-bond donors (Lipinski definition) is 2. The number of carbonyl (C=O) groups excluding carboxylic acids is 1. The van der Waals surface area contributed by atoms with Gasteiger partial charge in [-0.15, -0.1) is 0 Å². The first-order chi connectivity index (χ1) is 8.27. The molecule has 0 aromatic rings. The molecule has 0 aliphatic heterocycles. The van der Waals surface area contributed by atoms with Crippen LogP contribution < -0.4 is 11.1 Å². The largest absolute Gasteiger partial charge is 0.381 e. The van der Waals surface area contributed by atoms with Gasteiger partial charge in [0.15, 0.2) is 0 Å². The number of nitrogens with two attached hydrogens (primary N) is 1. The zero-order valence-electron chi connectivity index (χ0n) is 10.9. The lowest BCUT2D eigenvalue weighted by Crippen LogP contribution is -2.35. The Balaban J connectivity index is 1.94. The minimum absolute atomic E-state index is 0.0209. The van der Waals surface area contributed by atoms with E-state index in [4.69, 9.17) is 10.5 Å². The van der Waals surface area contributed by atoms with Crippen molar-refractivity contribution in [1.82, 2.24) is 5.32 Å². The van der Waals surface area contributed by atoms with E-state index in [1.165, 1.54) is 12.8 Å². The highest BCUT2D eigenvalue weighted by Gasteiger charge is 2.20. The van der Waals surface area contributed by atoms with Gasteiger partial charge in [0.25, 0.3) is 0 Å². The summed E-state index contributed by atoms with van der Waals surface area (Å²) in [5, 5.41) is 2.92. The third-order valence-electron chi connectivity index (χ3n) is 3.11. The molecule has 1 aliphatic rings. The van der Waals surface area contributed by atoms with E-state index in [0.717, 1.165) is 38.4 Å². The Morgan fingerprint density at radius 2 is 2.29 bits per heavy atom. The lowest BCUT2D eigenvalue weighted by atomic mass is 10.0. The smallest absolute Gasteiger partial charge is 0.224 e. The molecule has 4 nitrogen and oxygen atoms in total. The topological polar surface area (TPSA) is 64.4 Å². The van der Waals surface area contributed by atoms with Gasteiger partial charge in [0, 0.05) is 26.3 Å². The van der Waals surface area contributed by atoms with Crippen molar-refractivity contribution in [2.75, 3.05) is 26.3 Å². The van der Waals surface area contributed by atoms with Crippen molar-refractivity contribution in [3.63, 3.8) is 0 Å². The van der Waals surface area contributed by atoms with E-state index in [0.29, 0.717) is 13.1 Å². The molecule has 0 bridgehead atoms. The zero-order chi connectivity index (χ0) is 12.5. The van der Waals surface area contributed by atoms with Gasteiger partial charge in [-0.25, -0.2) is 0 Å². The molecule has 1 atom stereocenters. The van der Waals surface area contributed by atoms with Crippen LogP contribution in [-0.4, -0.2) is 32.2 Å². The molecule has 0 spiro atoms. The third-order valence-corrected chi connectivity index (χ3v) is 3.11. The van der Waals surface area contributed by atoms with Gasteiger partial charge in [0.05, 0.1) is 5.92 Å². The normalized spacial score (nSPS) is 16.8. The van der Waals surface area contributed by atoms with Gasteiger partial charge in [-0.1, -0.05) is 13.3 Å². The lowest BCUT2D eigenvalue weighted by Gasteiger charge is -2.13. The molecule has 0 saturated heterocycles. The van der Waals surface area contributed by atoms with Crippen molar-refractivity contribution in [3.8, 4) is 0 Å². The van der Waals surface area contributed by atoms with E-state index in [2.05, 4.69) is 12.2 Å². The highest BCUT2D eigenvalue weighted by Crippen LogP contribution is 2.28. The number of hydrogen-bond acceptors (Lipinski definition) is 3. The molecule has 17 heavy (non-hydrogen) atoms. The summed E-state index contributed by atoms with van der Waals surface area (Å²) in [5.74, 6) is 0.889. The van der Waals surface area contributed by atoms with Crippen LogP contribution in [0.2, 0.25) is 0 Å². The summed E-state index contributed by atoms with van der Waals surface area (Å²) >= 11 is 0. The molecule has 0 aromatic heterocycles. The minimum atomic E-state index is -0.0209. The number of ether oxygens (including phenoxy) is 1. The monoisotopic (exact) mass is 242 g/mol. The molecule has 0 aromatic carbocycles. The van der Waals surface area contributed by atoms with Crippen LogP contribution in [0.25, 0.3) is 0 Å². The summed E-state index contributed by atoms with van der Waals surface area (Å²) in [7, 11) is 0. The van der Waals surface area contributed by atoms with Crippen LogP contribution in [0.1, 0.15) is 39.0 Å². The van der Waals surface area contributed by atoms with Gasteiger partial charge >= 0.3 is 0 Å².